The van der Waals surface area contributed by atoms with Crippen LogP contribution in [0.3, 0.4) is 0 Å². The third-order valence-corrected chi connectivity index (χ3v) is 3.38. The van der Waals surface area contributed by atoms with Crippen LogP contribution in [0, 0.1) is 5.82 Å². The van der Waals surface area contributed by atoms with Crippen molar-refractivity contribution in [1.29, 1.82) is 0 Å². The fourth-order valence-electron chi connectivity index (χ4n) is 2.09. The third-order valence-electron chi connectivity index (χ3n) is 3.15. The molecule has 1 saturated carbocycles. The zero-order chi connectivity index (χ0) is 11.9. The van der Waals surface area contributed by atoms with Crippen LogP contribution < -0.4 is 0 Å². The van der Waals surface area contributed by atoms with E-state index in [1.807, 2.05) is 6.07 Å². The van der Waals surface area contributed by atoms with Crippen molar-refractivity contribution in [3.63, 3.8) is 0 Å². The topological polar surface area (TPSA) is 38.9 Å². The molecule has 2 aromatic rings. The van der Waals surface area contributed by atoms with Crippen LogP contribution >= 0.6 is 11.6 Å². The van der Waals surface area contributed by atoms with E-state index >= 15 is 0 Å². The minimum Gasteiger partial charge on any atom is -0.338 e. The second-order valence-electron chi connectivity index (χ2n) is 4.21. The quantitative estimate of drug-likeness (QED) is 0.788. The molecule has 0 N–H and O–H groups in total. The van der Waals surface area contributed by atoms with Gasteiger partial charge in [0.2, 0.25) is 5.89 Å². The highest BCUT2D eigenvalue weighted by atomic mass is 35.5. The number of hydrogen-bond donors (Lipinski definition) is 0. The highest BCUT2D eigenvalue weighted by molar-refractivity contribution is 6.16. The SMILES string of the molecule is Fc1ccccc1C1(c2noc(CCl)n2)CC1. The van der Waals surface area contributed by atoms with E-state index in [9.17, 15) is 4.39 Å². The Morgan fingerprint density at radius 1 is 1.35 bits per heavy atom. The molecule has 5 heteroatoms. The molecule has 1 heterocycles. The summed E-state index contributed by atoms with van der Waals surface area (Å²) in [5.74, 6) is 0.880. The van der Waals surface area contributed by atoms with E-state index in [-0.39, 0.29) is 11.7 Å². The van der Waals surface area contributed by atoms with Crippen LogP contribution in [0.5, 0.6) is 0 Å². The molecule has 1 fully saturated rings. The van der Waals surface area contributed by atoms with Crippen LogP contribution in [0.1, 0.15) is 30.1 Å². The van der Waals surface area contributed by atoms with Crippen molar-refractivity contribution < 1.29 is 8.91 Å². The Kier molecular flexibility index (Phi) is 2.40. The third kappa shape index (κ3) is 1.63. The summed E-state index contributed by atoms with van der Waals surface area (Å²) in [6, 6.07) is 6.73. The van der Waals surface area contributed by atoms with Gasteiger partial charge in [0.25, 0.3) is 0 Å². The van der Waals surface area contributed by atoms with Crippen LogP contribution in [0.25, 0.3) is 0 Å². The summed E-state index contributed by atoms with van der Waals surface area (Å²) in [5.41, 5.74) is 0.237. The standard InChI is InChI=1S/C12H10ClFN2O/c13-7-10-15-11(16-17-10)12(5-6-12)8-3-1-2-4-9(8)14/h1-4H,5-7H2. The average molecular weight is 253 g/mol. The van der Waals surface area contributed by atoms with Gasteiger partial charge in [0.1, 0.15) is 11.7 Å². The van der Waals surface area contributed by atoms with E-state index in [0.717, 1.165) is 12.8 Å². The van der Waals surface area contributed by atoms with Crippen LogP contribution in [0.15, 0.2) is 28.8 Å². The maximum absolute atomic E-state index is 13.8. The molecule has 0 amide bonds. The maximum Gasteiger partial charge on any atom is 0.241 e. The lowest BCUT2D eigenvalue weighted by atomic mass is 9.95. The van der Waals surface area contributed by atoms with Crippen molar-refractivity contribution in [2.24, 2.45) is 0 Å². The first kappa shape index (κ1) is 10.7. The van der Waals surface area contributed by atoms with Crippen LogP contribution in [0.4, 0.5) is 4.39 Å². The van der Waals surface area contributed by atoms with Gasteiger partial charge in [-0.05, 0) is 18.9 Å². The molecule has 3 nitrogen and oxygen atoms in total. The maximum atomic E-state index is 13.8. The summed E-state index contributed by atoms with van der Waals surface area (Å²) >= 11 is 5.62. The number of aromatic nitrogens is 2. The van der Waals surface area contributed by atoms with Crippen LogP contribution in [-0.2, 0) is 11.3 Å². The Morgan fingerprint density at radius 2 is 2.12 bits per heavy atom. The van der Waals surface area contributed by atoms with E-state index in [2.05, 4.69) is 10.1 Å². The number of halogens is 2. The Bertz CT molecular complexity index is 551. The highest BCUT2D eigenvalue weighted by Crippen LogP contribution is 2.52. The first-order chi connectivity index (χ1) is 8.26. The summed E-state index contributed by atoms with van der Waals surface area (Å²) in [7, 11) is 0. The molecule has 3 rings (SSSR count). The first-order valence-corrected chi connectivity index (χ1v) is 5.94. The van der Waals surface area contributed by atoms with E-state index in [1.165, 1.54) is 6.07 Å². The van der Waals surface area contributed by atoms with Gasteiger partial charge in [-0.25, -0.2) is 4.39 Å². The molecule has 1 aliphatic carbocycles. The fourth-order valence-corrected chi connectivity index (χ4v) is 2.20. The molecule has 1 aromatic heterocycles. The summed E-state index contributed by atoms with van der Waals surface area (Å²) in [6.45, 7) is 0. The number of hydrogen-bond acceptors (Lipinski definition) is 3. The van der Waals surface area contributed by atoms with Crippen molar-refractivity contribution in [3.8, 4) is 0 Å². The number of nitrogens with zero attached hydrogens (tertiary/aromatic N) is 2. The highest BCUT2D eigenvalue weighted by Gasteiger charge is 2.51. The van der Waals surface area contributed by atoms with Gasteiger partial charge < -0.3 is 4.52 Å². The lowest BCUT2D eigenvalue weighted by molar-refractivity contribution is 0.380. The molecular formula is C12H10ClFN2O. The predicted octanol–water partition coefficient (Wildman–Crippen LogP) is 3.03. The predicted molar refractivity (Wildman–Crippen MR) is 60.3 cm³/mol. The Hall–Kier alpha value is -1.42. The number of alkyl halides is 1. The molecule has 0 aliphatic heterocycles. The molecule has 1 aliphatic rings. The molecule has 0 unspecified atom stereocenters. The van der Waals surface area contributed by atoms with Crippen molar-refractivity contribution >= 4 is 11.6 Å². The summed E-state index contributed by atoms with van der Waals surface area (Å²) in [4.78, 5) is 4.20. The van der Waals surface area contributed by atoms with Crippen molar-refractivity contribution in [2.45, 2.75) is 24.1 Å². The molecule has 0 atom stereocenters. The van der Waals surface area contributed by atoms with E-state index in [0.29, 0.717) is 17.3 Å². The normalized spacial score (nSPS) is 17.1. The zero-order valence-electron chi connectivity index (χ0n) is 8.99. The molecular weight excluding hydrogens is 243 g/mol. The van der Waals surface area contributed by atoms with Gasteiger partial charge in [-0.2, -0.15) is 4.98 Å². The molecule has 0 bridgehead atoms. The van der Waals surface area contributed by atoms with Gasteiger partial charge in [0.05, 0.1) is 5.41 Å². The van der Waals surface area contributed by atoms with E-state index in [1.54, 1.807) is 12.1 Å². The largest absolute Gasteiger partial charge is 0.338 e. The Balaban J connectivity index is 2.04. The molecule has 1 aromatic carbocycles. The van der Waals surface area contributed by atoms with Crippen LogP contribution in [-0.4, -0.2) is 10.1 Å². The minimum absolute atomic E-state index is 0.181. The van der Waals surface area contributed by atoms with Gasteiger partial charge in [0.15, 0.2) is 5.82 Å². The molecule has 88 valence electrons. The van der Waals surface area contributed by atoms with Gasteiger partial charge in [-0.15, -0.1) is 11.6 Å². The summed E-state index contributed by atoms with van der Waals surface area (Å²) in [5, 5.41) is 3.90. The van der Waals surface area contributed by atoms with E-state index < -0.39 is 5.41 Å². The Labute approximate surface area is 103 Å². The molecule has 0 spiro atoms. The van der Waals surface area contributed by atoms with Crippen molar-refractivity contribution in [1.82, 2.24) is 10.1 Å². The van der Waals surface area contributed by atoms with Gasteiger partial charge in [0, 0.05) is 5.56 Å². The first-order valence-electron chi connectivity index (χ1n) is 5.40. The number of benzene rings is 1. The molecule has 0 radical (unpaired) electrons. The van der Waals surface area contributed by atoms with Crippen molar-refractivity contribution in [2.75, 3.05) is 0 Å². The average Bonchev–Trinajstić information content (AvgIpc) is 3.01. The van der Waals surface area contributed by atoms with Crippen molar-refractivity contribution in [3.05, 3.63) is 47.4 Å². The second kappa shape index (κ2) is 3.81. The summed E-state index contributed by atoms with van der Waals surface area (Å²) in [6.07, 6.45) is 1.68. The van der Waals surface area contributed by atoms with Crippen LogP contribution in [0.2, 0.25) is 0 Å². The Morgan fingerprint density at radius 3 is 2.71 bits per heavy atom. The smallest absolute Gasteiger partial charge is 0.241 e. The molecule has 0 saturated heterocycles. The monoisotopic (exact) mass is 252 g/mol. The zero-order valence-corrected chi connectivity index (χ0v) is 9.75. The van der Waals surface area contributed by atoms with Gasteiger partial charge in [-0.1, -0.05) is 23.4 Å². The lowest BCUT2D eigenvalue weighted by Gasteiger charge is -2.11. The fraction of sp³-hybridized carbons (Fsp3) is 0.333. The van der Waals surface area contributed by atoms with Gasteiger partial charge >= 0.3 is 0 Å². The summed E-state index contributed by atoms with van der Waals surface area (Å²) < 4.78 is 18.8. The van der Waals surface area contributed by atoms with Gasteiger partial charge in [-0.3, -0.25) is 0 Å². The van der Waals surface area contributed by atoms with E-state index in [4.69, 9.17) is 16.1 Å². The minimum atomic E-state index is -0.404. The number of rotatable bonds is 3. The second-order valence-corrected chi connectivity index (χ2v) is 4.47. The molecule has 17 heavy (non-hydrogen) atoms. The lowest BCUT2D eigenvalue weighted by Crippen LogP contribution is -2.13.